The normalized spacial score (nSPS) is 28.0. The van der Waals surface area contributed by atoms with Gasteiger partial charge in [-0.3, -0.25) is 9.80 Å². The molecule has 120 valence electrons. The van der Waals surface area contributed by atoms with E-state index in [4.69, 9.17) is 4.74 Å². The smallest absolute Gasteiger partial charge is 0.0480 e. The molecule has 0 amide bonds. The third-order valence-corrected chi connectivity index (χ3v) is 6.14. The predicted octanol–water partition coefficient (Wildman–Crippen LogP) is 3.23. The molecule has 1 aromatic rings. The Morgan fingerprint density at radius 1 is 0.955 bits per heavy atom. The zero-order valence-electron chi connectivity index (χ0n) is 13.1. The second kappa shape index (κ2) is 6.60. The maximum atomic E-state index is 5.50. The SMILES string of the molecule is Brc1ccc2c(c1)CCC2N1CCN(C2CCOCC2)CC1. The van der Waals surface area contributed by atoms with Gasteiger partial charge in [0.15, 0.2) is 0 Å². The monoisotopic (exact) mass is 364 g/mol. The van der Waals surface area contributed by atoms with E-state index >= 15 is 0 Å². The summed E-state index contributed by atoms with van der Waals surface area (Å²) in [4.78, 5) is 5.42. The van der Waals surface area contributed by atoms with Crippen LogP contribution in [0.1, 0.15) is 36.4 Å². The first-order chi connectivity index (χ1) is 10.8. The van der Waals surface area contributed by atoms with Crippen LogP contribution in [0, 0.1) is 0 Å². The van der Waals surface area contributed by atoms with Crippen molar-refractivity contribution >= 4 is 15.9 Å². The summed E-state index contributed by atoms with van der Waals surface area (Å²) < 4.78 is 6.72. The molecule has 2 saturated heterocycles. The Kier molecular flexibility index (Phi) is 4.54. The molecule has 0 bridgehead atoms. The number of hydrogen-bond donors (Lipinski definition) is 0. The molecule has 1 aliphatic carbocycles. The van der Waals surface area contributed by atoms with E-state index < -0.39 is 0 Å². The van der Waals surface area contributed by atoms with E-state index in [1.165, 1.54) is 56.3 Å². The third kappa shape index (κ3) is 2.99. The number of hydrogen-bond acceptors (Lipinski definition) is 3. The fourth-order valence-corrected chi connectivity index (χ4v) is 4.82. The quantitative estimate of drug-likeness (QED) is 0.800. The molecule has 0 saturated carbocycles. The summed E-state index contributed by atoms with van der Waals surface area (Å²) >= 11 is 3.60. The molecule has 2 fully saturated rings. The maximum Gasteiger partial charge on any atom is 0.0480 e. The minimum atomic E-state index is 0.653. The van der Waals surface area contributed by atoms with Crippen LogP contribution in [0.5, 0.6) is 0 Å². The lowest BCUT2D eigenvalue weighted by atomic mass is 10.0. The maximum absolute atomic E-state index is 5.50. The topological polar surface area (TPSA) is 15.7 Å². The predicted molar refractivity (Wildman–Crippen MR) is 92.2 cm³/mol. The Morgan fingerprint density at radius 3 is 2.45 bits per heavy atom. The van der Waals surface area contributed by atoms with Crippen LogP contribution in [-0.4, -0.2) is 55.2 Å². The van der Waals surface area contributed by atoms with E-state index in [1.807, 2.05) is 0 Å². The van der Waals surface area contributed by atoms with Crippen LogP contribution < -0.4 is 0 Å². The minimum absolute atomic E-state index is 0.653. The van der Waals surface area contributed by atoms with Gasteiger partial charge in [-0.2, -0.15) is 0 Å². The summed E-state index contributed by atoms with van der Waals surface area (Å²) in [5.74, 6) is 0. The van der Waals surface area contributed by atoms with E-state index in [1.54, 1.807) is 11.1 Å². The van der Waals surface area contributed by atoms with Crippen molar-refractivity contribution in [2.24, 2.45) is 0 Å². The number of aryl methyl sites for hydroxylation is 1. The van der Waals surface area contributed by atoms with Crippen LogP contribution in [0.2, 0.25) is 0 Å². The first-order valence-electron chi connectivity index (χ1n) is 8.65. The standard InChI is InChI=1S/C18H25BrN2O/c19-15-2-3-17-14(13-15)1-4-18(17)21-9-7-20(8-10-21)16-5-11-22-12-6-16/h2-3,13,16,18H,1,4-12H2. The fourth-order valence-electron chi connectivity index (χ4n) is 4.41. The molecule has 1 unspecified atom stereocenters. The summed E-state index contributed by atoms with van der Waals surface area (Å²) in [6.07, 6.45) is 4.98. The molecule has 2 aliphatic heterocycles. The van der Waals surface area contributed by atoms with Gasteiger partial charge >= 0.3 is 0 Å². The highest BCUT2D eigenvalue weighted by atomic mass is 79.9. The van der Waals surface area contributed by atoms with Crippen LogP contribution in [0.15, 0.2) is 22.7 Å². The molecule has 0 aromatic heterocycles. The average Bonchev–Trinajstić information content (AvgIpc) is 2.99. The summed E-state index contributed by atoms with van der Waals surface area (Å²) in [5, 5.41) is 0. The summed E-state index contributed by atoms with van der Waals surface area (Å²) in [5.41, 5.74) is 3.12. The lowest BCUT2D eigenvalue weighted by Gasteiger charge is -2.42. The first kappa shape index (κ1) is 15.1. The number of rotatable bonds is 2. The molecule has 0 spiro atoms. The Morgan fingerprint density at radius 2 is 1.68 bits per heavy atom. The van der Waals surface area contributed by atoms with E-state index in [0.29, 0.717) is 6.04 Å². The van der Waals surface area contributed by atoms with Crippen molar-refractivity contribution in [2.45, 2.75) is 37.8 Å². The summed E-state index contributed by atoms with van der Waals surface area (Å²) in [6.45, 7) is 6.81. The summed E-state index contributed by atoms with van der Waals surface area (Å²) in [7, 11) is 0. The second-order valence-electron chi connectivity index (χ2n) is 6.81. The molecule has 3 aliphatic rings. The van der Waals surface area contributed by atoms with Gasteiger partial charge < -0.3 is 4.74 Å². The van der Waals surface area contributed by atoms with Gasteiger partial charge in [0.05, 0.1) is 0 Å². The van der Waals surface area contributed by atoms with Gasteiger partial charge in [-0.1, -0.05) is 22.0 Å². The van der Waals surface area contributed by atoms with Gasteiger partial charge in [0, 0.05) is 55.9 Å². The van der Waals surface area contributed by atoms with Gasteiger partial charge in [-0.15, -0.1) is 0 Å². The molecular formula is C18H25BrN2O. The van der Waals surface area contributed by atoms with Crippen molar-refractivity contribution in [3.05, 3.63) is 33.8 Å². The fraction of sp³-hybridized carbons (Fsp3) is 0.667. The number of benzene rings is 1. The minimum Gasteiger partial charge on any atom is -0.381 e. The third-order valence-electron chi connectivity index (χ3n) is 5.65. The molecule has 2 heterocycles. The molecule has 22 heavy (non-hydrogen) atoms. The number of ether oxygens (including phenoxy) is 1. The van der Waals surface area contributed by atoms with Gasteiger partial charge in [0.25, 0.3) is 0 Å². The van der Waals surface area contributed by atoms with E-state index in [0.717, 1.165) is 19.3 Å². The van der Waals surface area contributed by atoms with Gasteiger partial charge in [0.1, 0.15) is 0 Å². The molecule has 1 aromatic carbocycles. The molecule has 0 radical (unpaired) electrons. The van der Waals surface area contributed by atoms with Crippen molar-refractivity contribution in [3.8, 4) is 0 Å². The Balaban J connectivity index is 1.38. The van der Waals surface area contributed by atoms with Gasteiger partial charge in [-0.25, -0.2) is 0 Å². The average molecular weight is 365 g/mol. The second-order valence-corrected chi connectivity index (χ2v) is 7.73. The molecule has 0 N–H and O–H groups in total. The van der Waals surface area contributed by atoms with Gasteiger partial charge in [0.2, 0.25) is 0 Å². The molecule has 1 atom stereocenters. The van der Waals surface area contributed by atoms with Crippen LogP contribution in [0.4, 0.5) is 0 Å². The van der Waals surface area contributed by atoms with Crippen molar-refractivity contribution in [1.29, 1.82) is 0 Å². The Labute approximate surface area is 141 Å². The number of fused-ring (bicyclic) bond motifs is 1. The summed E-state index contributed by atoms with van der Waals surface area (Å²) in [6, 6.07) is 8.27. The van der Waals surface area contributed by atoms with E-state index in [2.05, 4.69) is 43.9 Å². The Bertz CT molecular complexity index is 522. The lowest BCUT2D eigenvalue weighted by Crippen LogP contribution is -2.52. The van der Waals surface area contributed by atoms with Gasteiger partial charge in [-0.05, 0) is 48.9 Å². The highest BCUT2D eigenvalue weighted by molar-refractivity contribution is 9.10. The zero-order chi connectivity index (χ0) is 14.9. The van der Waals surface area contributed by atoms with Crippen molar-refractivity contribution in [1.82, 2.24) is 9.80 Å². The Hall–Kier alpha value is -0.420. The zero-order valence-corrected chi connectivity index (χ0v) is 14.7. The lowest BCUT2D eigenvalue weighted by molar-refractivity contribution is 0.00624. The number of piperazine rings is 1. The highest BCUT2D eigenvalue weighted by Crippen LogP contribution is 2.37. The van der Waals surface area contributed by atoms with Crippen LogP contribution >= 0.6 is 15.9 Å². The highest BCUT2D eigenvalue weighted by Gasteiger charge is 2.32. The van der Waals surface area contributed by atoms with E-state index in [9.17, 15) is 0 Å². The van der Waals surface area contributed by atoms with E-state index in [-0.39, 0.29) is 0 Å². The molecule has 4 rings (SSSR count). The molecular weight excluding hydrogens is 340 g/mol. The van der Waals surface area contributed by atoms with Crippen molar-refractivity contribution in [2.75, 3.05) is 39.4 Å². The van der Waals surface area contributed by atoms with Crippen LogP contribution in [-0.2, 0) is 11.2 Å². The van der Waals surface area contributed by atoms with Crippen molar-refractivity contribution < 1.29 is 4.74 Å². The molecule has 4 heteroatoms. The largest absolute Gasteiger partial charge is 0.381 e. The molecule has 3 nitrogen and oxygen atoms in total. The van der Waals surface area contributed by atoms with Crippen LogP contribution in [0.3, 0.4) is 0 Å². The number of halogens is 1. The first-order valence-corrected chi connectivity index (χ1v) is 9.45. The number of nitrogens with zero attached hydrogens (tertiary/aromatic N) is 2. The van der Waals surface area contributed by atoms with Crippen LogP contribution in [0.25, 0.3) is 0 Å². The van der Waals surface area contributed by atoms with Crippen molar-refractivity contribution in [3.63, 3.8) is 0 Å².